The highest BCUT2D eigenvalue weighted by atomic mass is 16.6. The van der Waals surface area contributed by atoms with Crippen LogP contribution in [0.4, 0.5) is 5.82 Å². The zero-order chi connectivity index (χ0) is 9.97. The number of nitrogens with zero attached hydrogens (tertiary/aromatic N) is 2. The molecule has 0 radical (unpaired) electrons. The van der Waals surface area contributed by atoms with Gasteiger partial charge in [-0.2, -0.15) is 0 Å². The van der Waals surface area contributed by atoms with Gasteiger partial charge in [0.15, 0.2) is 0 Å². The summed E-state index contributed by atoms with van der Waals surface area (Å²) in [6.07, 6.45) is 4.03. The van der Waals surface area contributed by atoms with Crippen LogP contribution in [-0.4, -0.2) is 22.4 Å². The summed E-state index contributed by atoms with van der Waals surface area (Å²) in [7, 11) is 0. The minimum atomic E-state index is -0.546. The SMILES string of the molecule is Nc1nonc1C(=O)OC1CCCC1. The number of anilines is 1. The smallest absolute Gasteiger partial charge is 0.364 e. The minimum absolute atomic E-state index is 0.00130. The summed E-state index contributed by atoms with van der Waals surface area (Å²) in [5.74, 6) is -0.566. The van der Waals surface area contributed by atoms with E-state index in [1.54, 1.807) is 0 Å². The highest BCUT2D eigenvalue weighted by Gasteiger charge is 2.24. The van der Waals surface area contributed by atoms with E-state index < -0.39 is 5.97 Å². The lowest BCUT2D eigenvalue weighted by Gasteiger charge is -2.08. The molecule has 0 saturated heterocycles. The second-order valence-corrected chi connectivity index (χ2v) is 3.31. The van der Waals surface area contributed by atoms with E-state index in [0.29, 0.717) is 0 Å². The van der Waals surface area contributed by atoms with Crippen LogP contribution in [0.15, 0.2) is 4.63 Å². The lowest BCUT2D eigenvalue weighted by molar-refractivity contribution is 0.0307. The summed E-state index contributed by atoms with van der Waals surface area (Å²) in [4.78, 5) is 11.4. The molecule has 0 aliphatic heterocycles. The number of nitrogen functional groups attached to an aromatic ring is 1. The summed E-state index contributed by atoms with van der Waals surface area (Å²) in [5, 5.41) is 6.68. The molecule has 0 amide bonds. The summed E-state index contributed by atoms with van der Waals surface area (Å²) < 4.78 is 9.46. The number of esters is 1. The van der Waals surface area contributed by atoms with Crippen LogP contribution in [0.5, 0.6) is 0 Å². The molecule has 76 valence electrons. The molecule has 6 heteroatoms. The summed E-state index contributed by atoms with van der Waals surface area (Å²) in [5.41, 5.74) is 5.32. The lowest BCUT2D eigenvalue weighted by atomic mass is 10.3. The minimum Gasteiger partial charge on any atom is -0.457 e. The van der Waals surface area contributed by atoms with Crippen molar-refractivity contribution in [3.63, 3.8) is 0 Å². The molecule has 0 bridgehead atoms. The first-order chi connectivity index (χ1) is 6.77. The van der Waals surface area contributed by atoms with Gasteiger partial charge >= 0.3 is 5.97 Å². The van der Waals surface area contributed by atoms with Crippen LogP contribution in [0.1, 0.15) is 36.2 Å². The first-order valence-electron chi connectivity index (χ1n) is 4.56. The van der Waals surface area contributed by atoms with Crippen LogP contribution >= 0.6 is 0 Å². The molecule has 1 saturated carbocycles. The zero-order valence-electron chi connectivity index (χ0n) is 7.60. The Morgan fingerprint density at radius 3 is 2.71 bits per heavy atom. The number of hydrogen-bond donors (Lipinski definition) is 1. The fourth-order valence-corrected chi connectivity index (χ4v) is 1.55. The van der Waals surface area contributed by atoms with Crippen LogP contribution in [0.3, 0.4) is 0 Å². The topological polar surface area (TPSA) is 91.2 Å². The van der Waals surface area contributed by atoms with E-state index in [1.807, 2.05) is 0 Å². The molecule has 1 heterocycles. The van der Waals surface area contributed by atoms with Gasteiger partial charge in [-0.3, -0.25) is 0 Å². The molecular formula is C8H11N3O3. The standard InChI is InChI=1S/C8H11N3O3/c9-7-6(10-14-11-7)8(12)13-5-3-1-2-4-5/h5H,1-4H2,(H2,9,11). The summed E-state index contributed by atoms with van der Waals surface area (Å²) >= 11 is 0. The maximum absolute atomic E-state index is 11.4. The van der Waals surface area contributed by atoms with Gasteiger partial charge in [0.25, 0.3) is 0 Å². The van der Waals surface area contributed by atoms with Gasteiger partial charge in [-0.25, -0.2) is 9.42 Å². The maximum atomic E-state index is 11.4. The molecule has 2 rings (SSSR count). The van der Waals surface area contributed by atoms with Gasteiger partial charge in [0.2, 0.25) is 11.5 Å². The highest BCUT2D eigenvalue weighted by Crippen LogP contribution is 2.22. The molecular weight excluding hydrogens is 186 g/mol. The van der Waals surface area contributed by atoms with Gasteiger partial charge < -0.3 is 10.5 Å². The third-order valence-corrected chi connectivity index (χ3v) is 2.28. The van der Waals surface area contributed by atoms with Crippen molar-refractivity contribution in [2.24, 2.45) is 0 Å². The Labute approximate surface area is 80.4 Å². The van der Waals surface area contributed by atoms with Gasteiger partial charge in [0, 0.05) is 0 Å². The second kappa shape index (κ2) is 3.65. The Kier molecular flexibility index (Phi) is 2.34. The Bertz CT molecular complexity index is 330. The fraction of sp³-hybridized carbons (Fsp3) is 0.625. The van der Waals surface area contributed by atoms with Crippen molar-refractivity contribution in [1.82, 2.24) is 10.3 Å². The molecule has 1 aromatic heterocycles. The molecule has 1 aliphatic carbocycles. The second-order valence-electron chi connectivity index (χ2n) is 3.31. The van der Waals surface area contributed by atoms with Gasteiger partial charge in [0.1, 0.15) is 6.10 Å². The fourth-order valence-electron chi connectivity index (χ4n) is 1.55. The van der Waals surface area contributed by atoms with E-state index in [4.69, 9.17) is 10.5 Å². The molecule has 0 atom stereocenters. The number of ether oxygens (including phenoxy) is 1. The van der Waals surface area contributed by atoms with Crippen LogP contribution in [0.2, 0.25) is 0 Å². The predicted molar refractivity (Wildman–Crippen MR) is 46.4 cm³/mol. The first kappa shape index (κ1) is 8.98. The van der Waals surface area contributed by atoms with E-state index in [2.05, 4.69) is 14.9 Å². The number of carbonyl (C=O) groups excluding carboxylic acids is 1. The van der Waals surface area contributed by atoms with E-state index in [-0.39, 0.29) is 17.6 Å². The van der Waals surface area contributed by atoms with E-state index in [1.165, 1.54) is 0 Å². The van der Waals surface area contributed by atoms with Gasteiger partial charge in [0.05, 0.1) is 0 Å². The van der Waals surface area contributed by atoms with Crippen molar-refractivity contribution >= 4 is 11.8 Å². The quantitative estimate of drug-likeness (QED) is 0.703. The molecule has 0 aromatic carbocycles. The Balaban J connectivity index is 1.98. The van der Waals surface area contributed by atoms with E-state index in [9.17, 15) is 4.79 Å². The number of nitrogens with two attached hydrogens (primary N) is 1. The van der Waals surface area contributed by atoms with Gasteiger partial charge in [-0.1, -0.05) is 0 Å². The molecule has 14 heavy (non-hydrogen) atoms. The van der Waals surface area contributed by atoms with Crippen molar-refractivity contribution < 1.29 is 14.2 Å². The highest BCUT2D eigenvalue weighted by molar-refractivity contribution is 5.91. The average molecular weight is 197 g/mol. The van der Waals surface area contributed by atoms with Crippen LogP contribution in [0, 0.1) is 0 Å². The monoisotopic (exact) mass is 197 g/mol. The largest absolute Gasteiger partial charge is 0.457 e. The molecule has 6 nitrogen and oxygen atoms in total. The van der Waals surface area contributed by atoms with Crippen LogP contribution < -0.4 is 5.73 Å². The number of carbonyl (C=O) groups is 1. The summed E-state index contributed by atoms with van der Waals surface area (Å²) in [6, 6.07) is 0. The van der Waals surface area contributed by atoms with Gasteiger partial charge in [-0.05, 0) is 36.0 Å². The predicted octanol–water partition coefficient (Wildman–Crippen LogP) is 0.751. The molecule has 1 fully saturated rings. The molecule has 1 aliphatic rings. The van der Waals surface area contributed by atoms with Crippen molar-refractivity contribution in [2.75, 3.05) is 5.73 Å². The Hall–Kier alpha value is -1.59. The number of rotatable bonds is 2. The van der Waals surface area contributed by atoms with Crippen molar-refractivity contribution in [1.29, 1.82) is 0 Å². The van der Waals surface area contributed by atoms with Gasteiger partial charge in [-0.15, -0.1) is 0 Å². The number of hydrogen-bond acceptors (Lipinski definition) is 6. The van der Waals surface area contributed by atoms with Crippen LogP contribution in [-0.2, 0) is 4.74 Å². The molecule has 0 spiro atoms. The van der Waals surface area contributed by atoms with Crippen LogP contribution in [0.25, 0.3) is 0 Å². The lowest BCUT2D eigenvalue weighted by Crippen LogP contribution is -2.16. The summed E-state index contributed by atoms with van der Waals surface area (Å²) in [6.45, 7) is 0. The molecule has 0 unspecified atom stereocenters. The molecule has 1 aromatic rings. The molecule has 2 N–H and O–H groups in total. The van der Waals surface area contributed by atoms with Crippen molar-refractivity contribution in [2.45, 2.75) is 31.8 Å². The third kappa shape index (κ3) is 1.68. The first-order valence-corrected chi connectivity index (χ1v) is 4.56. The average Bonchev–Trinajstić information content (AvgIpc) is 2.75. The van der Waals surface area contributed by atoms with Crippen molar-refractivity contribution in [3.05, 3.63) is 5.69 Å². The van der Waals surface area contributed by atoms with Crippen molar-refractivity contribution in [3.8, 4) is 0 Å². The van der Waals surface area contributed by atoms with E-state index in [0.717, 1.165) is 25.7 Å². The Morgan fingerprint density at radius 1 is 1.43 bits per heavy atom. The van der Waals surface area contributed by atoms with E-state index >= 15 is 0 Å². The zero-order valence-corrected chi connectivity index (χ0v) is 7.60. The third-order valence-electron chi connectivity index (χ3n) is 2.28. The number of aromatic nitrogens is 2. The normalized spacial score (nSPS) is 17.1. The maximum Gasteiger partial charge on any atom is 0.364 e. The Morgan fingerprint density at radius 2 is 2.14 bits per heavy atom.